The molecule has 0 bridgehead atoms. The molecule has 0 amide bonds. The summed E-state index contributed by atoms with van der Waals surface area (Å²) >= 11 is 0. The minimum atomic E-state index is 0.222. The van der Waals surface area contributed by atoms with Crippen LogP contribution in [0.5, 0.6) is 11.5 Å². The van der Waals surface area contributed by atoms with Gasteiger partial charge in [0.2, 0.25) is 0 Å². The van der Waals surface area contributed by atoms with Gasteiger partial charge in [-0.25, -0.2) is 4.68 Å². The summed E-state index contributed by atoms with van der Waals surface area (Å²) in [6.07, 6.45) is 3.87. The molecule has 0 spiro atoms. The fourth-order valence-electron chi connectivity index (χ4n) is 3.36. The molecule has 0 atom stereocenters. The van der Waals surface area contributed by atoms with E-state index in [1.165, 1.54) is 0 Å². The van der Waals surface area contributed by atoms with E-state index in [4.69, 9.17) is 4.74 Å². The van der Waals surface area contributed by atoms with Crippen LogP contribution >= 0.6 is 0 Å². The number of nitriles is 1. The summed E-state index contributed by atoms with van der Waals surface area (Å²) in [6, 6.07) is 23.0. The second-order valence-electron chi connectivity index (χ2n) is 7.04. The molecule has 0 radical (unpaired) electrons. The van der Waals surface area contributed by atoms with Crippen LogP contribution < -0.4 is 9.75 Å². The van der Waals surface area contributed by atoms with Gasteiger partial charge in [-0.15, -0.1) is 10.2 Å². The molecule has 1 heterocycles. The molecule has 7 heteroatoms. The zero-order valence-electron chi connectivity index (χ0n) is 17.0. The Labute approximate surface area is 180 Å². The molecule has 0 aliphatic carbocycles. The number of aromatic hydroxyl groups is 1. The molecule has 0 fully saturated rings. The predicted molar refractivity (Wildman–Crippen MR) is 117 cm³/mol. The second kappa shape index (κ2) is 9.01. The van der Waals surface area contributed by atoms with Crippen molar-refractivity contribution in [1.82, 2.24) is 14.9 Å². The van der Waals surface area contributed by atoms with Crippen LogP contribution in [0.25, 0.3) is 0 Å². The molecule has 154 valence electrons. The maximum absolute atomic E-state index is 9.62. The van der Waals surface area contributed by atoms with E-state index in [2.05, 4.69) is 16.3 Å². The highest BCUT2D eigenvalue weighted by atomic mass is 16.5. The molecule has 0 aliphatic rings. The molecule has 1 aromatic heterocycles. The van der Waals surface area contributed by atoms with Crippen molar-refractivity contribution in [1.29, 1.82) is 5.26 Å². The molecule has 4 rings (SSSR count). The lowest BCUT2D eigenvalue weighted by Crippen LogP contribution is -2.28. The predicted octanol–water partition coefficient (Wildman–Crippen LogP) is 3.92. The highest BCUT2D eigenvalue weighted by Gasteiger charge is 2.13. The van der Waals surface area contributed by atoms with Crippen LogP contribution in [0.1, 0.15) is 22.3 Å². The Morgan fingerprint density at radius 1 is 0.968 bits per heavy atom. The minimum Gasteiger partial charge on any atom is -0.508 e. The van der Waals surface area contributed by atoms with Gasteiger partial charge in [0.25, 0.3) is 0 Å². The maximum Gasteiger partial charge on any atom is 0.139 e. The van der Waals surface area contributed by atoms with Crippen molar-refractivity contribution in [3.63, 3.8) is 0 Å². The number of aromatic nitrogens is 3. The molecular formula is C24H21N5O2. The van der Waals surface area contributed by atoms with Gasteiger partial charge in [-0.3, -0.25) is 5.01 Å². The number of anilines is 1. The van der Waals surface area contributed by atoms with Gasteiger partial charge in [0.05, 0.1) is 31.0 Å². The second-order valence-corrected chi connectivity index (χ2v) is 7.04. The Kier molecular flexibility index (Phi) is 5.81. The van der Waals surface area contributed by atoms with Crippen LogP contribution in [0.3, 0.4) is 0 Å². The van der Waals surface area contributed by atoms with Gasteiger partial charge >= 0.3 is 0 Å². The van der Waals surface area contributed by atoms with E-state index in [9.17, 15) is 10.4 Å². The summed E-state index contributed by atoms with van der Waals surface area (Å²) < 4.78 is 7.03. The number of rotatable bonds is 7. The highest BCUT2D eigenvalue weighted by Crippen LogP contribution is 2.25. The number of hydrogen-bond acceptors (Lipinski definition) is 6. The highest BCUT2D eigenvalue weighted by molar-refractivity contribution is 5.55. The van der Waals surface area contributed by atoms with Crippen molar-refractivity contribution < 1.29 is 9.84 Å². The fourth-order valence-corrected chi connectivity index (χ4v) is 3.36. The first kappa shape index (κ1) is 20.0. The molecule has 0 aliphatic heterocycles. The smallest absolute Gasteiger partial charge is 0.139 e. The van der Waals surface area contributed by atoms with E-state index in [-0.39, 0.29) is 5.75 Å². The molecule has 1 N–H and O–H groups in total. The number of methoxy groups -OCH3 is 1. The molecule has 0 saturated carbocycles. The Morgan fingerprint density at radius 2 is 1.65 bits per heavy atom. The van der Waals surface area contributed by atoms with Gasteiger partial charge in [0.15, 0.2) is 0 Å². The van der Waals surface area contributed by atoms with Gasteiger partial charge in [-0.05, 0) is 65.6 Å². The van der Waals surface area contributed by atoms with Crippen molar-refractivity contribution >= 4 is 5.69 Å². The molecule has 7 nitrogen and oxygen atoms in total. The van der Waals surface area contributed by atoms with Gasteiger partial charge in [-0.2, -0.15) is 5.26 Å². The zero-order chi connectivity index (χ0) is 21.6. The van der Waals surface area contributed by atoms with E-state index in [0.29, 0.717) is 18.5 Å². The summed E-state index contributed by atoms with van der Waals surface area (Å²) in [7, 11) is 1.64. The average molecular weight is 411 g/mol. The van der Waals surface area contributed by atoms with Gasteiger partial charge < -0.3 is 9.84 Å². The Balaban J connectivity index is 1.68. The van der Waals surface area contributed by atoms with Gasteiger partial charge in [0.1, 0.15) is 24.2 Å². The molecule has 0 unspecified atom stereocenters. The van der Waals surface area contributed by atoms with Crippen LogP contribution in [-0.2, 0) is 13.0 Å². The van der Waals surface area contributed by atoms with Crippen LogP contribution in [0.15, 0.2) is 79.4 Å². The lowest BCUT2D eigenvalue weighted by atomic mass is 9.99. The molecule has 3 aromatic carbocycles. The van der Waals surface area contributed by atoms with Crippen molar-refractivity contribution in [2.45, 2.75) is 13.0 Å². The summed E-state index contributed by atoms with van der Waals surface area (Å²) in [5.74, 6) is 1.02. The van der Waals surface area contributed by atoms with Crippen molar-refractivity contribution in [3.05, 3.63) is 102 Å². The number of ether oxygens (including phenoxy) is 1. The quantitative estimate of drug-likeness (QED) is 0.496. The van der Waals surface area contributed by atoms with E-state index in [1.54, 1.807) is 36.6 Å². The first-order chi connectivity index (χ1) is 15.2. The average Bonchev–Trinajstić information content (AvgIpc) is 3.34. The van der Waals surface area contributed by atoms with Crippen LogP contribution in [0.4, 0.5) is 5.69 Å². The van der Waals surface area contributed by atoms with Crippen LogP contribution in [0, 0.1) is 11.3 Å². The molecular weight excluding hydrogens is 390 g/mol. The van der Waals surface area contributed by atoms with Gasteiger partial charge in [0, 0.05) is 0 Å². The Hall–Kier alpha value is -4.31. The number of benzene rings is 3. The fraction of sp³-hybridized carbons (Fsp3) is 0.125. The van der Waals surface area contributed by atoms with E-state index in [1.807, 2.05) is 59.6 Å². The third kappa shape index (κ3) is 4.65. The summed E-state index contributed by atoms with van der Waals surface area (Å²) in [5.41, 5.74) is 4.55. The summed E-state index contributed by atoms with van der Waals surface area (Å²) in [6.45, 7) is 0.534. The topological polar surface area (TPSA) is 87.2 Å². The van der Waals surface area contributed by atoms with E-state index in [0.717, 1.165) is 28.1 Å². The Bertz CT molecular complexity index is 1180. The summed E-state index contributed by atoms with van der Waals surface area (Å²) in [4.78, 5) is 0. The normalized spacial score (nSPS) is 10.5. The van der Waals surface area contributed by atoms with Gasteiger partial charge in [-0.1, -0.05) is 24.3 Å². The third-order valence-electron chi connectivity index (χ3n) is 5.01. The first-order valence-electron chi connectivity index (χ1n) is 9.72. The summed E-state index contributed by atoms with van der Waals surface area (Å²) in [5, 5.41) is 29.1. The lowest BCUT2D eigenvalue weighted by Gasteiger charge is -2.26. The van der Waals surface area contributed by atoms with Crippen LogP contribution in [0.2, 0.25) is 0 Å². The first-order valence-corrected chi connectivity index (χ1v) is 9.72. The largest absolute Gasteiger partial charge is 0.508 e. The third-order valence-corrected chi connectivity index (χ3v) is 5.01. The maximum atomic E-state index is 9.62. The molecule has 0 saturated heterocycles. The minimum absolute atomic E-state index is 0.222. The van der Waals surface area contributed by atoms with E-state index < -0.39 is 0 Å². The van der Waals surface area contributed by atoms with Crippen molar-refractivity contribution in [2.75, 3.05) is 12.1 Å². The monoisotopic (exact) mass is 411 g/mol. The lowest BCUT2D eigenvalue weighted by molar-refractivity contribution is 0.414. The number of nitrogens with zero attached hydrogens (tertiary/aromatic N) is 5. The number of phenolic OH excluding ortho intramolecular Hbond substituents is 1. The van der Waals surface area contributed by atoms with Crippen molar-refractivity contribution in [2.24, 2.45) is 0 Å². The number of hydrogen-bond donors (Lipinski definition) is 1. The molecule has 4 aromatic rings. The SMILES string of the molecule is COc1ccc(Cc2cc(N(Cc3ccc(O)cc3)n3cnnc3)ccc2C#N)cc1. The van der Waals surface area contributed by atoms with E-state index >= 15 is 0 Å². The standard InChI is InChI=1S/C24H21N5O2/c1-31-24-10-4-18(5-11-24)12-21-13-22(7-6-20(21)14-25)29(28-16-26-27-17-28)15-19-2-8-23(30)9-3-19/h2-11,13,16-17,30H,12,15H2,1H3. The van der Waals surface area contributed by atoms with Crippen molar-refractivity contribution in [3.8, 4) is 17.6 Å². The molecule has 31 heavy (non-hydrogen) atoms. The van der Waals surface area contributed by atoms with Crippen LogP contribution in [-0.4, -0.2) is 27.1 Å². The zero-order valence-corrected chi connectivity index (χ0v) is 17.0. The number of phenols is 1. The Morgan fingerprint density at radius 3 is 2.29 bits per heavy atom.